The Bertz CT molecular complexity index is 760. The summed E-state index contributed by atoms with van der Waals surface area (Å²) in [5, 5.41) is 0.890. The van der Waals surface area contributed by atoms with E-state index >= 15 is 0 Å². The first-order valence-corrected chi connectivity index (χ1v) is 7.68. The average Bonchev–Trinajstić information content (AvgIpc) is 2.50. The van der Waals surface area contributed by atoms with Crippen LogP contribution in [0.3, 0.4) is 0 Å². The first-order chi connectivity index (χ1) is 10.8. The maximum Gasteiger partial charge on any atom is 0.341 e. The first-order valence-electron chi connectivity index (χ1n) is 6.55. The molecular weight excluding hydrogens is 361 g/mol. The molecule has 0 aliphatic heterocycles. The molecule has 0 aliphatic carbocycles. The molecule has 2 rings (SSSR count). The summed E-state index contributed by atoms with van der Waals surface area (Å²) in [6.07, 6.45) is -0.999. The van der Waals surface area contributed by atoms with E-state index in [1.165, 1.54) is 19.1 Å². The van der Waals surface area contributed by atoms with Crippen LogP contribution in [0.25, 0.3) is 0 Å². The van der Waals surface area contributed by atoms with E-state index in [1.54, 1.807) is 24.3 Å². The molecule has 0 aliphatic rings. The van der Waals surface area contributed by atoms with Gasteiger partial charge in [0.05, 0.1) is 16.3 Å². The molecule has 0 saturated heterocycles. The number of benzene rings is 2. The van der Waals surface area contributed by atoms with Gasteiger partial charge in [-0.1, -0.05) is 34.8 Å². The summed E-state index contributed by atoms with van der Waals surface area (Å²) in [6, 6.07) is 9.03. The van der Waals surface area contributed by atoms with E-state index in [-0.39, 0.29) is 27.1 Å². The van der Waals surface area contributed by atoms with Crippen LogP contribution in [0.4, 0.5) is 5.69 Å². The molecule has 0 amide bonds. The topological polar surface area (TPSA) is 69.4 Å². The Labute approximate surface area is 148 Å². The van der Waals surface area contributed by atoms with E-state index in [0.29, 0.717) is 10.6 Å². The Balaban J connectivity index is 2.16. The van der Waals surface area contributed by atoms with Gasteiger partial charge in [-0.25, -0.2) is 4.79 Å². The van der Waals surface area contributed by atoms with Crippen molar-refractivity contribution >= 4 is 52.2 Å². The van der Waals surface area contributed by atoms with Crippen LogP contribution in [-0.2, 0) is 4.74 Å². The maximum absolute atomic E-state index is 12.2. The summed E-state index contributed by atoms with van der Waals surface area (Å²) in [5.74, 6) is -1.14. The Morgan fingerprint density at radius 2 is 1.65 bits per heavy atom. The molecule has 23 heavy (non-hydrogen) atoms. The van der Waals surface area contributed by atoms with E-state index in [2.05, 4.69) is 0 Å². The van der Waals surface area contributed by atoms with Gasteiger partial charge in [0.25, 0.3) is 0 Å². The zero-order valence-electron chi connectivity index (χ0n) is 12.0. The zero-order valence-corrected chi connectivity index (χ0v) is 14.2. The molecule has 0 spiro atoms. The predicted molar refractivity (Wildman–Crippen MR) is 91.5 cm³/mol. The summed E-state index contributed by atoms with van der Waals surface area (Å²) in [6.45, 7) is 1.47. The number of nitrogens with two attached hydrogens (primary N) is 1. The number of ketones is 1. The molecule has 0 bridgehead atoms. The van der Waals surface area contributed by atoms with Gasteiger partial charge < -0.3 is 10.5 Å². The minimum absolute atomic E-state index is 0.0123. The number of ether oxygens (including phenoxy) is 1. The van der Waals surface area contributed by atoms with Gasteiger partial charge in [0.2, 0.25) is 5.78 Å². The lowest BCUT2D eigenvalue weighted by Gasteiger charge is -2.14. The molecule has 4 nitrogen and oxygen atoms in total. The van der Waals surface area contributed by atoms with Crippen molar-refractivity contribution in [2.24, 2.45) is 0 Å². The van der Waals surface area contributed by atoms with Crippen LogP contribution in [-0.4, -0.2) is 17.9 Å². The minimum Gasteiger partial charge on any atom is -0.451 e. The van der Waals surface area contributed by atoms with Crippen LogP contribution in [0.2, 0.25) is 15.1 Å². The van der Waals surface area contributed by atoms with Crippen molar-refractivity contribution < 1.29 is 14.3 Å². The number of carbonyl (C=O) groups excluding carboxylic acids is 2. The first kappa shape index (κ1) is 17.6. The van der Waals surface area contributed by atoms with Gasteiger partial charge in [-0.2, -0.15) is 0 Å². The number of halogens is 3. The highest BCUT2D eigenvalue weighted by Crippen LogP contribution is 2.28. The Hall–Kier alpha value is -1.75. The molecule has 7 heteroatoms. The van der Waals surface area contributed by atoms with Crippen LogP contribution < -0.4 is 5.73 Å². The van der Waals surface area contributed by atoms with Gasteiger partial charge in [0, 0.05) is 15.6 Å². The SMILES string of the molecule is C[C@H](OC(=O)c1cc(Cl)cc(Cl)c1N)C(=O)c1ccc(Cl)cc1. The molecule has 2 aromatic rings. The average molecular weight is 373 g/mol. The second-order valence-corrected chi connectivity index (χ2v) is 6.05. The molecular formula is C16H12Cl3NO3. The van der Waals surface area contributed by atoms with E-state index in [4.69, 9.17) is 45.3 Å². The fraction of sp³-hybridized carbons (Fsp3) is 0.125. The van der Waals surface area contributed by atoms with E-state index in [1.807, 2.05) is 0 Å². The Kier molecular flexibility index (Phi) is 5.52. The molecule has 0 radical (unpaired) electrons. The number of rotatable bonds is 4. The van der Waals surface area contributed by atoms with Crippen molar-refractivity contribution in [2.75, 3.05) is 5.73 Å². The third-order valence-corrected chi connectivity index (χ3v) is 3.88. The number of carbonyl (C=O) groups is 2. The van der Waals surface area contributed by atoms with Crippen LogP contribution >= 0.6 is 34.8 Å². The highest BCUT2D eigenvalue weighted by molar-refractivity contribution is 6.37. The largest absolute Gasteiger partial charge is 0.451 e. The van der Waals surface area contributed by atoms with Crippen LogP contribution in [0.1, 0.15) is 27.6 Å². The lowest BCUT2D eigenvalue weighted by molar-refractivity contribution is 0.0320. The Morgan fingerprint density at radius 1 is 1.04 bits per heavy atom. The van der Waals surface area contributed by atoms with Crippen molar-refractivity contribution in [1.82, 2.24) is 0 Å². The summed E-state index contributed by atoms with van der Waals surface area (Å²) in [7, 11) is 0. The van der Waals surface area contributed by atoms with Gasteiger partial charge in [-0.05, 0) is 43.3 Å². The van der Waals surface area contributed by atoms with Crippen molar-refractivity contribution in [1.29, 1.82) is 0 Å². The number of esters is 1. The summed E-state index contributed by atoms with van der Waals surface area (Å²) in [4.78, 5) is 24.4. The molecule has 120 valence electrons. The molecule has 0 heterocycles. The number of hydrogen-bond acceptors (Lipinski definition) is 4. The van der Waals surface area contributed by atoms with Crippen LogP contribution in [0.15, 0.2) is 36.4 Å². The normalized spacial score (nSPS) is 11.8. The van der Waals surface area contributed by atoms with Gasteiger partial charge in [0.1, 0.15) is 0 Å². The summed E-state index contributed by atoms with van der Waals surface area (Å²) < 4.78 is 5.15. The third-order valence-electron chi connectivity index (χ3n) is 3.10. The van der Waals surface area contributed by atoms with Crippen LogP contribution in [0, 0.1) is 0 Å². The third kappa shape index (κ3) is 4.16. The maximum atomic E-state index is 12.2. The summed E-state index contributed by atoms with van der Waals surface area (Å²) in [5.41, 5.74) is 6.18. The van der Waals surface area contributed by atoms with E-state index in [0.717, 1.165) is 0 Å². The molecule has 0 aromatic heterocycles. The fourth-order valence-corrected chi connectivity index (χ4v) is 2.50. The van der Waals surface area contributed by atoms with E-state index in [9.17, 15) is 9.59 Å². The van der Waals surface area contributed by atoms with Crippen LogP contribution in [0.5, 0.6) is 0 Å². The van der Waals surface area contributed by atoms with Crippen molar-refractivity contribution in [3.63, 3.8) is 0 Å². The quantitative estimate of drug-likeness (QED) is 0.481. The molecule has 2 N–H and O–H groups in total. The molecule has 0 saturated carbocycles. The number of nitrogen functional groups attached to an aromatic ring is 1. The van der Waals surface area contributed by atoms with Crippen molar-refractivity contribution in [3.05, 3.63) is 62.6 Å². The Morgan fingerprint density at radius 3 is 2.26 bits per heavy atom. The highest BCUT2D eigenvalue weighted by atomic mass is 35.5. The smallest absolute Gasteiger partial charge is 0.341 e. The number of Topliss-reactive ketones (excluding diaryl/α,β-unsaturated/α-hetero) is 1. The minimum atomic E-state index is -0.999. The number of hydrogen-bond donors (Lipinski definition) is 1. The highest BCUT2D eigenvalue weighted by Gasteiger charge is 2.22. The summed E-state index contributed by atoms with van der Waals surface area (Å²) >= 11 is 17.5. The molecule has 0 fully saturated rings. The zero-order chi connectivity index (χ0) is 17.1. The monoisotopic (exact) mass is 371 g/mol. The van der Waals surface area contributed by atoms with Gasteiger partial charge in [-0.3, -0.25) is 4.79 Å². The van der Waals surface area contributed by atoms with Gasteiger partial charge >= 0.3 is 5.97 Å². The van der Waals surface area contributed by atoms with Gasteiger partial charge in [-0.15, -0.1) is 0 Å². The lowest BCUT2D eigenvalue weighted by Crippen LogP contribution is -2.25. The van der Waals surface area contributed by atoms with Crippen molar-refractivity contribution in [3.8, 4) is 0 Å². The van der Waals surface area contributed by atoms with E-state index < -0.39 is 12.1 Å². The fourth-order valence-electron chi connectivity index (χ4n) is 1.88. The molecule has 0 unspecified atom stereocenters. The second-order valence-electron chi connectivity index (χ2n) is 4.77. The molecule has 2 aromatic carbocycles. The molecule has 1 atom stereocenters. The lowest BCUT2D eigenvalue weighted by atomic mass is 10.1. The second kappa shape index (κ2) is 7.21. The van der Waals surface area contributed by atoms with Gasteiger partial charge in [0.15, 0.2) is 6.10 Å². The van der Waals surface area contributed by atoms with Crippen molar-refractivity contribution in [2.45, 2.75) is 13.0 Å². The predicted octanol–water partition coefficient (Wildman–Crippen LogP) is 4.66. The number of anilines is 1. The standard InChI is InChI=1S/C16H12Cl3NO3/c1-8(15(21)9-2-4-10(17)5-3-9)23-16(22)12-6-11(18)7-13(19)14(12)20/h2-8H,20H2,1H3/t8-/m0/s1.